The molecule has 3 N–H and O–H groups in total. The van der Waals surface area contributed by atoms with E-state index in [0.29, 0.717) is 72.1 Å². The van der Waals surface area contributed by atoms with E-state index >= 15 is 0 Å². The zero-order chi connectivity index (χ0) is 22.9. The number of H-pyrrole nitrogens is 1. The number of fused-ring (bicyclic) bond motifs is 3. The highest BCUT2D eigenvalue weighted by molar-refractivity contribution is 6.07. The van der Waals surface area contributed by atoms with Gasteiger partial charge in [0.15, 0.2) is 11.6 Å². The molecule has 5 rings (SSSR count). The number of amides is 1. The summed E-state index contributed by atoms with van der Waals surface area (Å²) < 4.78 is 25.6. The van der Waals surface area contributed by atoms with Gasteiger partial charge in [0.2, 0.25) is 0 Å². The lowest BCUT2D eigenvalue weighted by molar-refractivity contribution is -0.119. The molecule has 1 atom stereocenters. The van der Waals surface area contributed by atoms with Crippen LogP contribution in [-0.2, 0) is 4.79 Å². The van der Waals surface area contributed by atoms with Gasteiger partial charge in [0.05, 0.1) is 42.5 Å². The molecular formula is C24H23FN4O4. The third-order valence-electron chi connectivity index (χ3n) is 5.99. The van der Waals surface area contributed by atoms with Crippen LogP contribution in [0, 0.1) is 5.82 Å². The van der Waals surface area contributed by atoms with Gasteiger partial charge in [-0.05, 0) is 24.6 Å². The van der Waals surface area contributed by atoms with Crippen molar-refractivity contribution in [1.82, 2.24) is 15.3 Å². The summed E-state index contributed by atoms with van der Waals surface area (Å²) in [6.45, 7) is 0.729. The van der Waals surface area contributed by atoms with Gasteiger partial charge in [-0.25, -0.2) is 4.39 Å². The summed E-state index contributed by atoms with van der Waals surface area (Å²) >= 11 is 0. The Morgan fingerprint density at radius 3 is 3.00 bits per heavy atom. The number of aromatic nitrogens is 2. The van der Waals surface area contributed by atoms with Gasteiger partial charge in [0, 0.05) is 42.8 Å². The fraction of sp³-hybridized carbons (Fsp3) is 0.292. The number of ether oxygens (including phenoxy) is 2. The van der Waals surface area contributed by atoms with Gasteiger partial charge in [-0.1, -0.05) is 6.07 Å². The summed E-state index contributed by atoms with van der Waals surface area (Å²) in [5.41, 5.74) is 3.19. The van der Waals surface area contributed by atoms with E-state index in [1.807, 2.05) is 0 Å². The van der Waals surface area contributed by atoms with Crippen LogP contribution >= 0.6 is 0 Å². The highest BCUT2D eigenvalue weighted by Crippen LogP contribution is 2.44. The number of Topliss-reactive ketones (excluding diaryl/α,β-unsaturated/α-hetero) is 1. The largest absolute Gasteiger partial charge is 0.492 e. The Bertz CT molecular complexity index is 1240. The lowest BCUT2D eigenvalue weighted by atomic mass is 9.91. The number of ketones is 1. The third kappa shape index (κ3) is 3.79. The minimum Gasteiger partial charge on any atom is -0.492 e. The molecule has 0 spiro atoms. The Morgan fingerprint density at radius 1 is 1.27 bits per heavy atom. The maximum Gasteiger partial charge on any atom is 0.255 e. The molecular weight excluding hydrogens is 427 g/mol. The zero-order valence-electron chi connectivity index (χ0n) is 18.0. The molecule has 0 unspecified atom stereocenters. The molecule has 0 fully saturated rings. The van der Waals surface area contributed by atoms with E-state index in [1.54, 1.807) is 30.6 Å². The first-order valence-corrected chi connectivity index (χ1v) is 10.8. The number of anilines is 2. The highest BCUT2D eigenvalue weighted by Gasteiger charge is 2.34. The van der Waals surface area contributed by atoms with Gasteiger partial charge in [0.25, 0.3) is 5.91 Å². The molecule has 0 aliphatic carbocycles. The van der Waals surface area contributed by atoms with Crippen LogP contribution in [0.1, 0.15) is 41.2 Å². The van der Waals surface area contributed by atoms with E-state index in [4.69, 9.17) is 9.47 Å². The predicted molar refractivity (Wildman–Crippen MR) is 120 cm³/mol. The minimum atomic E-state index is -0.528. The van der Waals surface area contributed by atoms with Crippen molar-refractivity contribution in [3.8, 4) is 22.8 Å². The summed E-state index contributed by atoms with van der Waals surface area (Å²) in [7, 11) is 1.38. The van der Waals surface area contributed by atoms with Gasteiger partial charge < -0.3 is 25.1 Å². The number of carbonyl (C=O) groups is 2. The lowest BCUT2D eigenvalue weighted by Crippen LogP contribution is -2.35. The van der Waals surface area contributed by atoms with Crippen molar-refractivity contribution in [2.24, 2.45) is 0 Å². The molecule has 0 saturated carbocycles. The fourth-order valence-electron chi connectivity index (χ4n) is 4.45. The molecule has 1 aromatic carbocycles. The summed E-state index contributed by atoms with van der Waals surface area (Å²) in [5, 5.41) is 6.11. The molecule has 4 heterocycles. The quantitative estimate of drug-likeness (QED) is 0.559. The topological polar surface area (TPSA) is 105 Å². The Hall–Kier alpha value is -3.88. The van der Waals surface area contributed by atoms with Crippen LogP contribution in [0.5, 0.6) is 11.5 Å². The number of hydrogen-bond acceptors (Lipinski definition) is 6. The van der Waals surface area contributed by atoms with Gasteiger partial charge in [-0.15, -0.1) is 0 Å². The number of pyridine rings is 1. The van der Waals surface area contributed by atoms with Crippen molar-refractivity contribution in [1.29, 1.82) is 0 Å². The van der Waals surface area contributed by atoms with Gasteiger partial charge in [0.1, 0.15) is 11.5 Å². The average Bonchev–Trinajstić information content (AvgIpc) is 3.18. The van der Waals surface area contributed by atoms with E-state index in [2.05, 4.69) is 20.6 Å². The smallest absolute Gasteiger partial charge is 0.255 e. The molecule has 2 aliphatic rings. The lowest BCUT2D eigenvalue weighted by Gasteiger charge is -2.23. The summed E-state index contributed by atoms with van der Waals surface area (Å²) in [5.74, 6) is -0.337. The second-order valence-electron chi connectivity index (χ2n) is 8.08. The molecule has 2 bridgehead atoms. The Balaban J connectivity index is 1.74. The molecule has 2 aliphatic heterocycles. The van der Waals surface area contributed by atoms with Crippen molar-refractivity contribution in [2.45, 2.75) is 25.2 Å². The minimum absolute atomic E-state index is 0.0328. The Morgan fingerprint density at radius 2 is 2.15 bits per heavy atom. The molecule has 170 valence electrons. The number of nitrogens with zero attached hydrogens (tertiary/aromatic N) is 1. The van der Waals surface area contributed by atoms with E-state index in [1.165, 1.54) is 13.2 Å². The van der Waals surface area contributed by atoms with Crippen molar-refractivity contribution in [2.75, 3.05) is 25.6 Å². The second-order valence-corrected chi connectivity index (χ2v) is 8.08. The number of methoxy groups -OCH3 is 1. The first kappa shape index (κ1) is 21.0. The fourth-order valence-corrected chi connectivity index (χ4v) is 4.45. The number of halogens is 1. The molecule has 0 radical (unpaired) electrons. The van der Waals surface area contributed by atoms with Crippen molar-refractivity contribution in [3.63, 3.8) is 0 Å². The van der Waals surface area contributed by atoms with Crippen LogP contribution in [0.2, 0.25) is 0 Å². The summed E-state index contributed by atoms with van der Waals surface area (Å²) in [4.78, 5) is 33.2. The van der Waals surface area contributed by atoms with E-state index in [0.717, 1.165) is 0 Å². The molecule has 3 aromatic rings. The normalized spacial score (nSPS) is 17.7. The molecule has 8 nitrogen and oxygen atoms in total. The molecule has 33 heavy (non-hydrogen) atoms. The summed E-state index contributed by atoms with van der Waals surface area (Å²) in [6, 6.07) is 6.33. The first-order chi connectivity index (χ1) is 16.1. The number of carbonyl (C=O) groups excluding carboxylic acids is 2. The van der Waals surface area contributed by atoms with Crippen LogP contribution < -0.4 is 20.1 Å². The first-order valence-electron chi connectivity index (χ1n) is 10.8. The predicted octanol–water partition coefficient (Wildman–Crippen LogP) is 3.93. The monoisotopic (exact) mass is 450 g/mol. The second kappa shape index (κ2) is 8.57. The van der Waals surface area contributed by atoms with E-state index in [9.17, 15) is 14.0 Å². The molecule has 1 amide bonds. The number of hydrogen-bond donors (Lipinski definition) is 3. The van der Waals surface area contributed by atoms with Crippen molar-refractivity contribution in [3.05, 3.63) is 53.7 Å². The van der Waals surface area contributed by atoms with Gasteiger partial charge in [-0.2, -0.15) is 0 Å². The number of rotatable bonds is 3. The highest BCUT2D eigenvalue weighted by atomic mass is 19.1. The van der Waals surface area contributed by atoms with E-state index < -0.39 is 5.82 Å². The number of benzene rings is 1. The van der Waals surface area contributed by atoms with Gasteiger partial charge >= 0.3 is 0 Å². The third-order valence-corrected chi connectivity index (χ3v) is 5.99. The maximum atomic E-state index is 14.4. The molecule has 9 heteroatoms. The standard InChI is InChI=1S/C24H23FN4O4/c1-32-23-16(25)5-2-6-17(23)28-22-19-20-13(11-27-24(19)31)10-14(30)4-3-9-33-18-12-26-8-7-15(18)21(22)29-20/h2,5-8,12-13,28-29H,3-4,9-11H2,1H3,(H,27,31)/t13-/m0/s1. The Labute approximate surface area is 189 Å². The van der Waals surface area contributed by atoms with Crippen LogP contribution in [-0.4, -0.2) is 41.9 Å². The van der Waals surface area contributed by atoms with Crippen LogP contribution in [0.15, 0.2) is 36.7 Å². The zero-order valence-corrected chi connectivity index (χ0v) is 18.0. The summed E-state index contributed by atoms with van der Waals surface area (Å²) in [6.07, 6.45) is 4.54. The number of aromatic amines is 1. The SMILES string of the molecule is COc1c(F)cccc1Nc1c2[nH]c3c1C(=O)NC[C@@H]3CC(=O)CCCOc1cnccc1-2. The maximum absolute atomic E-state index is 14.4. The number of nitrogens with one attached hydrogen (secondary N) is 3. The van der Waals surface area contributed by atoms with E-state index in [-0.39, 0.29) is 23.4 Å². The van der Waals surface area contributed by atoms with Crippen LogP contribution in [0.4, 0.5) is 15.8 Å². The van der Waals surface area contributed by atoms with Crippen molar-refractivity contribution >= 4 is 23.1 Å². The van der Waals surface area contributed by atoms with Crippen LogP contribution in [0.25, 0.3) is 11.3 Å². The van der Waals surface area contributed by atoms with Gasteiger partial charge in [-0.3, -0.25) is 14.6 Å². The molecule has 0 saturated heterocycles. The van der Waals surface area contributed by atoms with Crippen LogP contribution in [0.3, 0.4) is 0 Å². The average molecular weight is 450 g/mol. The Kier molecular flexibility index (Phi) is 5.45. The van der Waals surface area contributed by atoms with Crippen molar-refractivity contribution < 1.29 is 23.5 Å². The molecule has 2 aromatic heterocycles. The number of para-hydroxylation sites is 1.